The second kappa shape index (κ2) is 16.8. The molecule has 4 aliphatic heterocycles. The zero-order chi connectivity index (χ0) is 35.6. The summed E-state index contributed by atoms with van der Waals surface area (Å²) in [6.07, 6.45) is -33.3. The maximum Gasteiger partial charge on any atom is 0.217 e. The summed E-state index contributed by atoms with van der Waals surface area (Å²) in [5.74, 6) is -0.673. The van der Waals surface area contributed by atoms with Crippen molar-refractivity contribution in [2.24, 2.45) is 0 Å². The fourth-order valence-electron chi connectivity index (χ4n) is 5.95. The van der Waals surface area contributed by atoms with Gasteiger partial charge < -0.3 is 105 Å². The average molecular weight is 708 g/mol. The molecule has 4 rings (SSSR count). The molecule has 0 aromatic heterocycles. The van der Waals surface area contributed by atoms with Crippen molar-refractivity contribution in [2.45, 2.75) is 130 Å². The zero-order valence-electron chi connectivity index (χ0n) is 25.5. The fraction of sp³-hybridized carbons (Fsp3) is 0.962. The molecular weight excluding hydrogens is 662 g/mol. The van der Waals surface area contributed by atoms with Gasteiger partial charge in [0.2, 0.25) is 5.91 Å². The van der Waals surface area contributed by atoms with Gasteiger partial charge in [0.15, 0.2) is 25.2 Å². The van der Waals surface area contributed by atoms with Gasteiger partial charge in [-0.05, 0) is 0 Å². The Morgan fingerprint density at radius 2 is 0.875 bits per heavy atom. The van der Waals surface area contributed by atoms with Gasteiger partial charge >= 0.3 is 0 Å². The van der Waals surface area contributed by atoms with Gasteiger partial charge in [0.25, 0.3) is 0 Å². The molecule has 4 saturated heterocycles. The molecule has 0 saturated carbocycles. The Morgan fingerprint density at radius 1 is 0.500 bits per heavy atom. The molecule has 48 heavy (non-hydrogen) atoms. The van der Waals surface area contributed by atoms with E-state index in [1.165, 1.54) is 0 Å². The molecule has 4 fully saturated rings. The Kier molecular flexibility index (Phi) is 13.8. The molecule has 0 spiro atoms. The number of rotatable bonds is 11. The van der Waals surface area contributed by atoms with Crippen molar-refractivity contribution in [1.29, 1.82) is 0 Å². The average Bonchev–Trinajstić information content (AvgIpc) is 3.06. The largest absolute Gasteiger partial charge is 0.394 e. The van der Waals surface area contributed by atoms with E-state index in [2.05, 4.69) is 5.32 Å². The number of ether oxygens (including phenoxy) is 7. The normalized spacial score (nSPS) is 50.2. The Hall–Kier alpha value is -1.33. The second-order valence-electron chi connectivity index (χ2n) is 11.9. The van der Waals surface area contributed by atoms with Gasteiger partial charge in [-0.3, -0.25) is 4.79 Å². The van der Waals surface area contributed by atoms with Crippen LogP contribution in [0.4, 0.5) is 0 Å². The van der Waals surface area contributed by atoms with Crippen LogP contribution in [0.3, 0.4) is 0 Å². The molecule has 0 aromatic rings. The SMILES string of the molecule is CC(=O)N[C@H]1[C@H](O[C@@H]2[C@H](O)[C@@H](O)[C@@H](O[C@@H]3[C@H](O)[C@@H](O)[C@H](O[C@H]4[C@H](O)[C@@H](O)[C@H](O)O[C@@H]4CO)O[C@@H]3CO)O[C@@H]2CO)O[C@H](CO)[C@H](O)[C@@H]1O. The van der Waals surface area contributed by atoms with E-state index in [4.69, 9.17) is 33.2 Å². The summed E-state index contributed by atoms with van der Waals surface area (Å²) in [7, 11) is 0. The molecule has 22 nitrogen and oxygen atoms in total. The number of nitrogens with one attached hydrogen (secondary N) is 1. The number of carbonyl (C=O) groups excluding carboxylic acids is 1. The van der Waals surface area contributed by atoms with Crippen molar-refractivity contribution >= 4 is 5.91 Å². The first-order valence-electron chi connectivity index (χ1n) is 15.1. The predicted molar refractivity (Wildman–Crippen MR) is 145 cm³/mol. The smallest absolute Gasteiger partial charge is 0.217 e. The lowest BCUT2D eigenvalue weighted by molar-refractivity contribution is -0.384. The number of amides is 1. The lowest BCUT2D eigenvalue weighted by Gasteiger charge is -2.49. The monoisotopic (exact) mass is 707 g/mol. The van der Waals surface area contributed by atoms with E-state index >= 15 is 0 Å². The number of carbonyl (C=O) groups is 1. The van der Waals surface area contributed by atoms with Crippen molar-refractivity contribution < 1.29 is 104 Å². The van der Waals surface area contributed by atoms with E-state index in [0.29, 0.717) is 0 Å². The molecule has 0 radical (unpaired) electrons. The van der Waals surface area contributed by atoms with E-state index in [0.717, 1.165) is 6.92 Å². The van der Waals surface area contributed by atoms with Crippen LogP contribution in [0, 0.1) is 0 Å². The standard InChI is InChI=1S/C26H45NO21/c1-6(32)27-11-13(34)12(33)7(2-28)43-24(11)46-21-9(4-30)44-26(18(39)15(21)36)48-22-10(5-31)45-25(19(40)16(22)37)47-20-8(3-29)42-23(41)17(38)14(20)35/h7-26,28-31,33-41H,2-5H2,1H3,(H,27,32)/t7-,8-,9-,10-,11-,12+,13-,14-,15-,16-,17-,18-,19-,20-,21+,22+,23-,24+,25+,26-/m1/s1. The quantitative estimate of drug-likeness (QED) is 0.0947. The van der Waals surface area contributed by atoms with Crippen LogP contribution in [0.5, 0.6) is 0 Å². The third-order valence-corrected chi connectivity index (χ3v) is 8.61. The number of aliphatic hydroxyl groups is 13. The van der Waals surface area contributed by atoms with Crippen LogP contribution in [0.15, 0.2) is 0 Å². The van der Waals surface area contributed by atoms with Crippen LogP contribution < -0.4 is 5.32 Å². The molecule has 0 aromatic carbocycles. The third kappa shape index (κ3) is 8.08. The van der Waals surface area contributed by atoms with Crippen molar-refractivity contribution in [1.82, 2.24) is 5.32 Å². The summed E-state index contributed by atoms with van der Waals surface area (Å²) in [4.78, 5) is 11.8. The molecule has 14 N–H and O–H groups in total. The Balaban J connectivity index is 1.46. The van der Waals surface area contributed by atoms with Gasteiger partial charge in [0.05, 0.1) is 26.4 Å². The van der Waals surface area contributed by atoms with Crippen molar-refractivity contribution in [3.8, 4) is 0 Å². The van der Waals surface area contributed by atoms with Crippen LogP contribution in [0.25, 0.3) is 0 Å². The maximum absolute atomic E-state index is 11.8. The first kappa shape index (κ1) is 39.5. The van der Waals surface area contributed by atoms with Crippen molar-refractivity contribution in [3.05, 3.63) is 0 Å². The predicted octanol–water partition coefficient (Wildman–Crippen LogP) is -9.61. The highest BCUT2D eigenvalue weighted by Gasteiger charge is 2.55. The van der Waals surface area contributed by atoms with Crippen LogP contribution >= 0.6 is 0 Å². The van der Waals surface area contributed by atoms with Crippen molar-refractivity contribution in [3.63, 3.8) is 0 Å². The van der Waals surface area contributed by atoms with Gasteiger partial charge in [-0.1, -0.05) is 0 Å². The van der Waals surface area contributed by atoms with Crippen molar-refractivity contribution in [2.75, 3.05) is 26.4 Å². The molecule has 0 aliphatic carbocycles. The molecule has 4 aliphatic rings. The minimum absolute atomic E-state index is 0.673. The van der Waals surface area contributed by atoms with E-state index in [-0.39, 0.29) is 0 Å². The fourth-order valence-corrected chi connectivity index (χ4v) is 5.95. The Morgan fingerprint density at radius 3 is 1.29 bits per heavy atom. The highest BCUT2D eigenvalue weighted by atomic mass is 16.8. The van der Waals surface area contributed by atoms with E-state index < -0.39 is 155 Å². The van der Waals surface area contributed by atoms with Gasteiger partial charge in [0.1, 0.15) is 97.6 Å². The Bertz CT molecular complexity index is 1020. The lowest BCUT2D eigenvalue weighted by atomic mass is 9.95. The summed E-state index contributed by atoms with van der Waals surface area (Å²) in [5.41, 5.74) is 0. The van der Waals surface area contributed by atoms with Crippen LogP contribution in [-0.4, -0.2) is 221 Å². The number of hydrogen-bond donors (Lipinski definition) is 14. The summed E-state index contributed by atoms with van der Waals surface area (Å²) < 4.78 is 38.3. The third-order valence-electron chi connectivity index (χ3n) is 8.61. The topological polar surface area (TPSA) is 357 Å². The lowest BCUT2D eigenvalue weighted by Crippen LogP contribution is -2.68. The van der Waals surface area contributed by atoms with E-state index in [1.807, 2.05) is 0 Å². The molecule has 20 atom stereocenters. The summed E-state index contributed by atoms with van der Waals surface area (Å²) in [5, 5.41) is 136. The molecule has 280 valence electrons. The first-order valence-corrected chi connectivity index (χ1v) is 15.1. The van der Waals surface area contributed by atoms with Crippen LogP contribution in [0.2, 0.25) is 0 Å². The van der Waals surface area contributed by atoms with Crippen LogP contribution in [-0.2, 0) is 38.0 Å². The minimum Gasteiger partial charge on any atom is -0.394 e. The van der Waals surface area contributed by atoms with E-state index in [1.54, 1.807) is 0 Å². The van der Waals surface area contributed by atoms with Crippen LogP contribution in [0.1, 0.15) is 6.92 Å². The van der Waals surface area contributed by atoms with E-state index in [9.17, 15) is 71.2 Å². The maximum atomic E-state index is 11.8. The molecular formula is C26H45NO21. The van der Waals surface area contributed by atoms with Gasteiger partial charge in [-0.15, -0.1) is 0 Å². The van der Waals surface area contributed by atoms with Gasteiger partial charge in [-0.2, -0.15) is 0 Å². The molecule has 4 heterocycles. The molecule has 1 amide bonds. The highest BCUT2D eigenvalue weighted by molar-refractivity contribution is 5.73. The number of aliphatic hydroxyl groups excluding tert-OH is 13. The van der Waals surface area contributed by atoms with Gasteiger partial charge in [-0.25, -0.2) is 0 Å². The summed E-state index contributed by atoms with van der Waals surface area (Å²) in [6, 6.07) is -1.45. The minimum atomic E-state index is -2.03. The Labute approximate surface area is 272 Å². The molecule has 22 heteroatoms. The number of hydrogen-bond acceptors (Lipinski definition) is 21. The zero-order valence-corrected chi connectivity index (χ0v) is 25.5. The first-order chi connectivity index (χ1) is 22.7. The highest BCUT2D eigenvalue weighted by Crippen LogP contribution is 2.34. The molecule has 0 unspecified atom stereocenters. The summed E-state index contributed by atoms with van der Waals surface area (Å²) >= 11 is 0. The van der Waals surface area contributed by atoms with Gasteiger partial charge in [0, 0.05) is 6.92 Å². The summed E-state index contributed by atoms with van der Waals surface area (Å²) in [6.45, 7) is -2.31. The molecule has 0 bridgehead atoms. The second-order valence-corrected chi connectivity index (χ2v) is 11.9.